The fourth-order valence-corrected chi connectivity index (χ4v) is 0.724. The van der Waals surface area contributed by atoms with Crippen molar-refractivity contribution < 1.29 is 14.2 Å². The van der Waals surface area contributed by atoms with Gasteiger partial charge in [-0.25, -0.2) is 0 Å². The summed E-state index contributed by atoms with van der Waals surface area (Å²) in [6, 6.07) is 0. The van der Waals surface area contributed by atoms with Crippen LogP contribution < -0.4 is 0 Å². The second kappa shape index (κ2) is 8.97. The maximum Gasteiger partial charge on any atom is 0.0700 e. The van der Waals surface area contributed by atoms with Crippen molar-refractivity contribution in [3.63, 3.8) is 0 Å². The standard InChI is InChI=1S/C9H20O3/c1-9(2)12-6-4-5-11-8-7-10-3/h9H,4-8H2,1-3H3. The molecule has 0 atom stereocenters. The second-order valence-corrected chi connectivity index (χ2v) is 2.88. The fourth-order valence-electron chi connectivity index (χ4n) is 0.724. The number of ether oxygens (including phenoxy) is 3. The van der Waals surface area contributed by atoms with Gasteiger partial charge in [0.25, 0.3) is 0 Å². The minimum Gasteiger partial charge on any atom is -0.382 e. The van der Waals surface area contributed by atoms with E-state index in [1.54, 1.807) is 7.11 Å². The number of hydrogen-bond donors (Lipinski definition) is 0. The van der Waals surface area contributed by atoms with Crippen molar-refractivity contribution in [2.24, 2.45) is 0 Å². The Kier molecular flexibility index (Phi) is 8.88. The van der Waals surface area contributed by atoms with Crippen molar-refractivity contribution in [3.8, 4) is 0 Å². The van der Waals surface area contributed by atoms with Crippen molar-refractivity contribution in [1.82, 2.24) is 0 Å². The molecule has 0 spiro atoms. The minimum atomic E-state index is 0.323. The number of hydrogen-bond acceptors (Lipinski definition) is 3. The molecule has 3 nitrogen and oxygen atoms in total. The monoisotopic (exact) mass is 176 g/mol. The Morgan fingerprint density at radius 1 is 1.00 bits per heavy atom. The first-order chi connectivity index (χ1) is 5.77. The van der Waals surface area contributed by atoms with E-state index in [1.165, 1.54) is 0 Å². The SMILES string of the molecule is COCCOCCCOC(C)C. The van der Waals surface area contributed by atoms with Gasteiger partial charge in [0.2, 0.25) is 0 Å². The zero-order valence-corrected chi connectivity index (χ0v) is 8.34. The Balaban J connectivity index is 2.82. The van der Waals surface area contributed by atoms with Crippen LogP contribution in [-0.4, -0.2) is 39.6 Å². The molecule has 0 saturated carbocycles. The van der Waals surface area contributed by atoms with E-state index < -0.39 is 0 Å². The van der Waals surface area contributed by atoms with Crippen LogP contribution in [0.3, 0.4) is 0 Å². The summed E-state index contributed by atoms with van der Waals surface area (Å²) < 4.78 is 15.4. The Labute approximate surface area is 75.0 Å². The Hall–Kier alpha value is -0.120. The van der Waals surface area contributed by atoms with E-state index in [2.05, 4.69) is 0 Å². The lowest BCUT2D eigenvalue weighted by Gasteiger charge is -2.07. The molecule has 0 amide bonds. The summed E-state index contributed by atoms with van der Waals surface area (Å²) in [5.74, 6) is 0. The van der Waals surface area contributed by atoms with Crippen LogP contribution in [0.4, 0.5) is 0 Å². The average molecular weight is 176 g/mol. The van der Waals surface area contributed by atoms with Gasteiger partial charge in [0.15, 0.2) is 0 Å². The van der Waals surface area contributed by atoms with E-state index in [1.807, 2.05) is 13.8 Å². The predicted octanol–water partition coefficient (Wildman–Crippen LogP) is 1.46. The minimum absolute atomic E-state index is 0.323. The van der Waals surface area contributed by atoms with Crippen LogP contribution in [0, 0.1) is 0 Å². The molecule has 0 aromatic heterocycles. The Morgan fingerprint density at radius 3 is 2.33 bits per heavy atom. The average Bonchev–Trinajstić information content (AvgIpc) is 2.02. The molecule has 0 saturated heterocycles. The molecule has 0 aromatic carbocycles. The van der Waals surface area contributed by atoms with E-state index >= 15 is 0 Å². The maximum absolute atomic E-state index is 5.34. The highest BCUT2D eigenvalue weighted by Gasteiger charge is 1.92. The number of methoxy groups -OCH3 is 1. The smallest absolute Gasteiger partial charge is 0.0700 e. The lowest BCUT2D eigenvalue weighted by Crippen LogP contribution is -2.08. The summed E-state index contributed by atoms with van der Waals surface area (Å²) in [5, 5.41) is 0. The van der Waals surface area contributed by atoms with Crippen molar-refractivity contribution >= 4 is 0 Å². The quantitative estimate of drug-likeness (QED) is 0.524. The first-order valence-electron chi connectivity index (χ1n) is 4.45. The molecule has 0 aliphatic heterocycles. The van der Waals surface area contributed by atoms with Gasteiger partial charge < -0.3 is 14.2 Å². The van der Waals surface area contributed by atoms with E-state index in [0.717, 1.165) is 19.6 Å². The van der Waals surface area contributed by atoms with Crippen LogP contribution >= 0.6 is 0 Å². The van der Waals surface area contributed by atoms with Crippen molar-refractivity contribution in [2.45, 2.75) is 26.4 Å². The lowest BCUT2D eigenvalue weighted by molar-refractivity contribution is 0.0358. The van der Waals surface area contributed by atoms with E-state index in [0.29, 0.717) is 19.3 Å². The molecule has 3 heteroatoms. The normalized spacial score (nSPS) is 11.0. The van der Waals surface area contributed by atoms with Gasteiger partial charge in [0.1, 0.15) is 0 Å². The van der Waals surface area contributed by atoms with E-state index in [9.17, 15) is 0 Å². The van der Waals surface area contributed by atoms with Crippen LogP contribution in [0.25, 0.3) is 0 Å². The molecule has 0 rings (SSSR count). The largest absolute Gasteiger partial charge is 0.382 e. The summed E-state index contributed by atoms with van der Waals surface area (Å²) in [4.78, 5) is 0. The van der Waals surface area contributed by atoms with Crippen LogP contribution in [0.1, 0.15) is 20.3 Å². The van der Waals surface area contributed by atoms with Crippen LogP contribution in [0.5, 0.6) is 0 Å². The highest BCUT2D eigenvalue weighted by atomic mass is 16.5. The third-order valence-electron chi connectivity index (χ3n) is 1.32. The van der Waals surface area contributed by atoms with Crippen molar-refractivity contribution in [2.75, 3.05) is 33.5 Å². The Bertz CT molecular complexity index is 83.8. The molecule has 0 aliphatic carbocycles. The number of rotatable bonds is 8. The summed E-state index contributed by atoms with van der Waals surface area (Å²) >= 11 is 0. The molecule has 0 unspecified atom stereocenters. The molecule has 0 aromatic rings. The molecule has 0 fully saturated rings. The van der Waals surface area contributed by atoms with E-state index in [4.69, 9.17) is 14.2 Å². The molecule has 0 aliphatic rings. The van der Waals surface area contributed by atoms with Gasteiger partial charge in [0, 0.05) is 20.3 Å². The van der Waals surface area contributed by atoms with E-state index in [-0.39, 0.29) is 0 Å². The molecule has 0 N–H and O–H groups in total. The van der Waals surface area contributed by atoms with Crippen LogP contribution in [0.2, 0.25) is 0 Å². The first-order valence-corrected chi connectivity index (χ1v) is 4.45. The van der Waals surface area contributed by atoms with Crippen LogP contribution in [-0.2, 0) is 14.2 Å². The van der Waals surface area contributed by atoms with Gasteiger partial charge in [-0.2, -0.15) is 0 Å². The molecular formula is C9H20O3. The highest BCUT2D eigenvalue weighted by Crippen LogP contribution is 1.90. The van der Waals surface area contributed by atoms with Gasteiger partial charge in [-0.15, -0.1) is 0 Å². The molecule has 0 bridgehead atoms. The molecule has 0 heterocycles. The van der Waals surface area contributed by atoms with Gasteiger partial charge in [-0.3, -0.25) is 0 Å². The van der Waals surface area contributed by atoms with Gasteiger partial charge in [-0.05, 0) is 20.3 Å². The summed E-state index contributed by atoms with van der Waals surface area (Å²) in [6.45, 7) is 6.96. The van der Waals surface area contributed by atoms with Crippen molar-refractivity contribution in [1.29, 1.82) is 0 Å². The van der Waals surface area contributed by atoms with Gasteiger partial charge in [0.05, 0.1) is 19.3 Å². The zero-order valence-electron chi connectivity index (χ0n) is 8.34. The summed E-state index contributed by atoms with van der Waals surface area (Å²) in [5.41, 5.74) is 0. The highest BCUT2D eigenvalue weighted by molar-refractivity contribution is 4.39. The first kappa shape index (κ1) is 11.9. The lowest BCUT2D eigenvalue weighted by atomic mass is 10.4. The molecule has 0 radical (unpaired) electrons. The predicted molar refractivity (Wildman–Crippen MR) is 48.4 cm³/mol. The van der Waals surface area contributed by atoms with Crippen LogP contribution in [0.15, 0.2) is 0 Å². The fraction of sp³-hybridized carbons (Fsp3) is 1.00. The zero-order chi connectivity index (χ0) is 9.23. The maximum atomic E-state index is 5.34. The van der Waals surface area contributed by atoms with Crippen molar-refractivity contribution in [3.05, 3.63) is 0 Å². The summed E-state index contributed by atoms with van der Waals surface area (Å²) in [6.07, 6.45) is 1.28. The third-order valence-corrected chi connectivity index (χ3v) is 1.32. The Morgan fingerprint density at radius 2 is 1.75 bits per heavy atom. The molecule has 12 heavy (non-hydrogen) atoms. The van der Waals surface area contributed by atoms with Gasteiger partial charge >= 0.3 is 0 Å². The van der Waals surface area contributed by atoms with Gasteiger partial charge in [-0.1, -0.05) is 0 Å². The second-order valence-electron chi connectivity index (χ2n) is 2.88. The molecule has 74 valence electrons. The third kappa shape index (κ3) is 9.88. The molecular weight excluding hydrogens is 156 g/mol. The summed E-state index contributed by atoms with van der Waals surface area (Å²) in [7, 11) is 1.67. The topological polar surface area (TPSA) is 27.7 Å².